The van der Waals surface area contributed by atoms with Crippen LogP contribution >= 0.6 is 11.6 Å². The van der Waals surface area contributed by atoms with Crippen molar-refractivity contribution in [2.75, 3.05) is 18.0 Å². The molecular weight excluding hydrogens is 372 g/mol. The number of carbonyl (C=O) groups is 2. The van der Waals surface area contributed by atoms with Crippen LogP contribution in [0.1, 0.15) is 35.3 Å². The van der Waals surface area contributed by atoms with Gasteiger partial charge < -0.3 is 21.9 Å². The number of phenols is 1. The molecule has 0 aliphatic heterocycles. The van der Waals surface area contributed by atoms with E-state index in [-0.39, 0.29) is 28.2 Å². The van der Waals surface area contributed by atoms with Crippen molar-refractivity contribution in [2.24, 2.45) is 0 Å². The van der Waals surface area contributed by atoms with Gasteiger partial charge in [-0.2, -0.15) is 0 Å². The van der Waals surface area contributed by atoms with Crippen molar-refractivity contribution in [2.45, 2.75) is 25.7 Å². The number of halogens is 1. The molecule has 9 nitrogen and oxygen atoms in total. The topological polar surface area (TPSA) is 156 Å². The summed E-state index contributed by atoms with van der Waals surface area (Å²) in [4.78, 5) is 31.2. The highest BCUT2D eigenvalue weighted by atomic mass is 35.5. The predicted octanol–water partition coefficient (Wildman–Crippen LogP) is 1.85. The summed E-state index contributed by atoms with van der Waals surface area (Å²) >= 11 is 5.70. The summed E-state index contributed by atoms with van der Waals surface area (Å²) in [7, 11) is 0. The quantitative estimate of drug-likeness (QED) is 0.450. The van der Waals surface area contributed by atoms with Crippen LogP contribution < -0.4 is 22.1 Å². The Hall–Kier alpha value is -3.07. The molecule has 0 aliphatic carbocycles. The number of nitrogens with zero attached hydrogens (tertiary/aromatic N) is 2. The van der Waals surface area contributed by atoms with Crippen molar-refractivity contribution in [1.29, 1.82) is 0 Å². The summed E-state index contributed by atoms with van der Waals surface area (Å²) in [6, 6.07) is 6.41. The Morgan fingerprint density at radius 1 is 1.04 bits per heavy atom. The second-order valence-electron chi connectivity index (χ2n) is 5.82. The maximum absolute atomic E-state index is 12.0. The number of benzene rings is 1. The molecule has 10 heteroatoms. The summed E-state index contributed by atoms with van der Waals surface area (Å²) in [5, 5.41) is 13.8. The fourth-order valence-electron chi connectivity index (χ4n) is 2.31. The van der Waals surface area contributed by atoms with Gasteiger partial charge in [-0.15, -0.1) is 0 Å². The fourth-order valence-corrected chi connectivity index (χ4v) is 2.44. The Kier molecular flexibility index (Phi) is 7.18. The number of anilines is 2. The molecule has 2 rings (SSSR count). The molecule has 0 saturated heterocycles. The van der Waals surface area contributed by atoms with Gasteiger partial charge in [0.25, 0.3) is 5.91 Å². The number of aryl methyl sites for hydroxylation is 1. The number of aromatic hydroxyl groups is 1. The molecule has 0 spiro atoms. The van der Waals surface area contributed by atoms with E-state index in [4.69, 9.17) is 23.1 Å². The molecule has 144 valence electrons. The summed E-state index contributed by atoms with van der Waals surface area (Å²) in [5.41, 5.74) is 11.9. The summed E-state index contributed by atoms with van der Waals surface area (Å²) < 4.78 is 0. The monoisotopic (exact) mass is 392 g/mol. The van der Waals surface area contributed by atoms with Crippen molar-refractivity contribution in [3.05, 3.63) is 40.7 Å². The number of unbranched alkanes of at least 4 members (excludes halogenated alkanes) is 2. The number of urea groups is 1. The van der Waals surface area contributed by atoms with Crippen molar-refractivity contribution in [1.82, 2.24) is 20.6 Å². The van der Waals surface area contributed by atoms with Gasteiger partial charge in [0, 0.05) is 6.54 Å². The highest BCUT2D eigenvalue weighted by Crippen LogP contribution is 2.17. The zero-order valence-electron chi connectivity index (χ0n) is 14.5. The Balaban J connectivity index is 1.66. The Labute approximate surface area is 161 Å². The standard InChI is InChI=1S/C17H21ClN6O3/c18-13-15(20)23-14(19)12(22-13)16(26)24-17(27)21-9-3-1-2-4-10-5-7-11(25)8-6-10/h5-8,25H,1-4,9H2,(H4,19,20,23)(H2,21,24,26,27). The zero-order valence-corrected chi connectivity index (χ0v) is 15.3. The summed E-state index contributed by atoms with van der Waals surface area (Å²) in [6.45, 7) is 0.415. The molecule has 0 atom stereocenters. The first-order valence-corrected chi connectivity index (χ1v) is 8.70. The lowest BCUT2D eigenvalue weighted by molar-refractivity contribution is 0.0960. The first-order valence-electron chi connectivity index (χ1n) is 8.32. The van der Waals surface area contributed by atoms with Gasteiger partial charge >= 0.3 is 6.03 Å². The predicted molar refractivity (Wildman–Crippen MR) is 102 cm³/mol. The number of aromatic nitrogens is 2. The van der Waals surface area contributed by atoms with Crippen LogP contribution in [-0.2, 0) is 6.42 Å². The third-order valence-electron chi connectivity index (χ3n) is 3.71. The molecule has 3 amide bonds. The van der Waals surface area contributed by atoms with Gasteiger partial charge in [-0.25, -0.2) is 14.8 Å². The highest BCUT2D eigenvalue weighted by molar-refractivity contribution is 6.31. The molecule has 27 heavy (non-hydrogen) atoms. The molecule has 1 aromatic carbocycles. The molecular formula is C17H21ClN6O3. The first kappa shape index (κ1) is 20.2. The number of carbonyl (C=O) groups excluding carboxylic acids is 2. The first-order chi connectivity index (χ1) is 12.9. The fraction of sp³-hybridized carbons (Fsp3) is 0.294. The van der Waals surface area contributed by atoms with Crippen LogP contribution in [0.2, 0.25) is 5.15 Å². The number of phenolic OH excluding ortho intramolecular Hbond substituents is 1. The Morgan fingerprint density at radius 3 is 2.44 bits per heavy atom. The third kappa shape index (κ3) is 6.30. The van der Waals surface area contributed by atoms with Gasteiger partial charge in [-0.05, 0) is 37.0 Å². The average molecular weight is 393 g/mol. The molecule has 0 radical (unpaired) electrons. The Bertz CT molecular complexity index is 813. The summed E-state index contributed by atoms with van der Waals surface area (Å²) in [5.74, 6) is -0.872. The van der Waals surface area contributed by atoms with E-state index in [2.05, 4.69) is 20.6 Å². The molecule has 2 aromatic rings. The van der Waals surface area contributed by atoms with Crippen LogP contribution in [0.4, 0.5) is 16.4 Å². The molecule has 0 fully saturated rings. The van der Waals surface area contributed by atoms with Crippen LogP contribution in [0.15, 0.2) is 24.3 Å². The van der Waals surface area contributed by atoms with Gasteiger partial charge in [0.1, 0.15) is 5.75 Å². The van der Waals surface area contributed by atoms with Crippen LogP contribution in [0.25, 0.3) is 0 Å². The van der Waals surface area contributed by atoms with Gasteiger partial charge in [0.05, 0.1) is 0 Å². The number of nitrogens with two attached hydrogens (primary N) is 2. The lowest BCUT2D eigenvalue weighted by atomic mass is 10.1. The van der Waals surface area contributed by atoms with Gasteiger partial charge in [-0.3, -0.25) is 10.1 Å². The van der Waals surface area contributed by atoms with E-state index in [0.717, 1.165) is 31.2 Å². The molecule has 0 aliphatic rings. The number of amides is 3. The van der Waals surface area contributed by atoms with Gasteiger partial charge in [0.2, 0.25) is 0 Å². The minimum absolute atomic E-state index is 0.0949. The minimum atomic E-state index is -0.813. The van der Waals surface area contributed by atoms with Crippen LogP contribution in [-0.4, -0.2) is 33.6 Å². The van der Waals surface area contributed by atoms with E-state index in [9.17, 15) is 14.7 Å². The second-order valence-corrected chi connectivity index (χ2v) is 6.18. The lowest BCUT2D eigenvalue weighted by Gasteiger charge is -2.08. The molecule has 1 aromatic heterocycles. The maximum Gasteiger partial charge on any atom is 0.321 e. The molecule has 7 N–H and O–H groups in total. The number of hydrogen-bond acceptors (Lipinski definition) is 7. The normalized spacial score (nSPS) is 10.4. The third-order valence-corrected chi connectivity index (χ3v) is 3.99. The number of imide groups is 1. The van der Waals surface area contributed by atoms with Crippen molar-refractivity contribution in [3.8, 4) is 5.75 Å². The minimum Gasteiger partial charge on any atom is -0.508 e. The zero-order chi connectivity index (χ0) is 19.8. The molecule has 1 heterocycles. The largest absolute Gasteiger partial charge is 0.508 e. The smallest absolute Gasteiger partial charge is 0.321 e. The number of rotatable bonds is 7. The van der Waals surface area contributed by atoms with Crippen molar-refractivity contribution < 1.29 is 14.7 Å². The molecule has 0 unspecified atom stereocenters. The van der Waals surface area contributed by atoms with Crippen LogP contribution in [0.5, 0.6) is 5.75 Å². The summed E-state index contributed by atoms with van der Waals surface area (Å²) in [6.07, 6.45) is 3.50. The van der Waals surface area contributed by atoms with E-state index in [0.29, 0.717) is 6.54 Å². The van der Waals surface area contributed by atoms with E-state index < -0.39 is 11.9 Å². The average Bonchev–Trinajstić information content (AvgIpc) is 2.62. The van der Waals surface area contributed by atoms with Crippen molar-refractivity contribution in [3.63, 3.8) is 0 Å². The van der Waals surface area contributed by atoms with Crippen LogP contribution in [0, 0.1) is 0 Å². The second kappa shape index (κ2) is 9.58. The van der Waals surface area contributed by atoms with Crippen LogP contribution in [0.3, 0.4) is 0 Å². The van der Waals surface area contributed by atoms with E-state index in [1.807, 2.05) is 12.1 Å². The van der Waals surface area contributed by atoms with Gasteiger partial charge in [-0.1, -0.05) is 30.2 Å². The SMILES string of the molecule is Nc1nc(N)c(C(=O)NC(=O)NCCCCCc2ccc(O)cc2)nc1Cl. The Morgan fingerprint density at radius 2 is 1.74 bits per heavy atom. The highest BCUT2D eigenvalue weighted by Gasteiger charge is 2.17. The van der Waals surface area contributed by atoms with E-state index >= 15 is 0 Å². The van der Waals surface area contributed by atoms with Crippen molar-refractivity contribution >= 4 is 35.2 Å². The van der Waals surface area contributed by atoms with Gasteiger partial charge in [0.15, 0.2) is 22.5 Å². The lowest BCUT2D eigenvalue weighted by Crippen LogP contribution is -2.40. The number of nitrogens with one attached hydrogen (secondary N) is 2. The number of nitrogen functional groups attached to an aromatic ring is 2. The van der Waals surface area contributed by atoms with E-state index in [1.54, 1.807) is 12.1 Å². The number of hydrogen-bond donors (Lipinski definition) is 5. The molecule has 0 bridgehead atoms. The van der Waals surface area contributed by atoms with E-state index in [1.165, 1.54) is 0 Å². The molecule has 0 saturated carbocycles. The maximum atomic E-state index is 12.0.